The van der Waals surface area contributed by atoms with Crippen LogP contribution in [0.15, 0.2) is 18.2 Å². The van der Waals surface area contributed by atoms with Crippen LogP contribution >= 0.6 is 0 Å². The number of nitrogen functional groups attached to an aromatic ring is 1. The number of ether oxygens (including phenoxy) is 1. The monoisotopic (exact) mass is 228 g/mol. The maximum Gasteiger partial charge on any atom is 0.276 e. The van der Waals surface area contributed by atoms with Crippen LogP contribution in [0.5, 0.6) is 0 Å². The summed E-state index contributed by atoms with van der Waals surface area (Å²) in [5.74, 6) is -1.01. The number of anilines is 1. The average Bonchev–Trinajstić information content (AvgIpc) is 2.24. The second-order valence-corrected chi connectivity index (χ2v) is 3.00. The standard InChI is InChI=1S/C10H13FN2O3/c1-15-4-5-16-13-10(14)8-3-2-7(11)6-9(8)12/h2-3,6H,4-5,12H2,1H3,(H,13,14). The molecule has 1 amide bonds. The SMILES string of the molecule is COCCONC(=O)c1ccc(F)cc1N. The Kier molecular flexibility index (Phi) is 4.68. The van der Waals surface area contributed by atoms with Gasteiger partial charge in [-0.25, -0.2) is 9.87 Å². The Morgan fingerprint density at radius 2 is 2.25 bits per heavy atom. The first-order valence-electron chi connectivity index (χ1n) is 4.61. The molecule has 6 heteroatoms. The highest BCUT2D eigenvalue weighted by molar-refractivity contribution is 5.98. The van der Waals surface area contributed by atoms with Gasteiger partial charge in [0.2, 0.25) is 0 Å². The van der Waals surface area contributed by atoms with Crippen molar-refractivity contribution in [2.24, 2.45) is 0 Å². The molecule has 0 aliphatic rings. The van der Waals surface area contributed by atoms with E-state index >= 15 is 0 Å². The maximum absolute atomic E-state index is 12.7. The Morgan fingerprint density at radius 3 is 2.88 bits per heavy atom. The number of nitrogens with one attached hydrogen (secondary N) is 1. The van der Waals surface area contributed by atoms with E-state index in [4.69, 9.17) is 15.3 Å². The number of nitrogens with two attached hydrogens (primary N) is 1. The lowest BCUT2D eigenvalue weighted by atomic mass is 10.2. The highest BCUT2D eigenvalue weighted by Gasteiger charge is 2.09. The number of benzene rings is 1. The molecule has 1 rings (SSSR count). The van der Waals surface area contributed by atoms with Crippen molar-refractivity contribution >= 4 is 11.6 Å². The highest BCUT2D eigenvalue weighted by atomic mass is 19.1. The molecule has 0 heterocycles. The normalized spacial score (nSPS) is 10.1. The van der Waals surface area contributed by atoms with E-state index in [9.17, 15) is 9.18 Å². The van der Waals surface area contributed by atoms with Crippen molar-refractivity contribution in [1.29, 1.82) is 0 Å². The summed E-state index contributed by atoms with van der Waals surface area (Å²) < 4.78 is 17.4. The van der Waals surface area contributed by atoms with Gasteiger partial charge in [0.15, 0.2) is 0 Å². The van der Waals surface area contributed by atoms with Crippen LogP contribution in [0.2, 0.25) is 0 Å². The summed E-state index contributed by atoms with van der Waals surface area (Å²) in [6.07, 6.45) is 0. The van der Waals surface area contributed by atoms with Gasteiger partial charge in [-0.05, 0) is 18.2 Å². The number of amides is 1. The van der Waals surface area contributed by atoms with Crippen molar-refractivity contribution in [3.8, 4) is 0 Å². The summed E-state index contributed by atoms with van der Waals surface area (Å²) in [7, 11) is 1.52. The molecular weight excluding hydrogens is 215 g/mol. The average molecular weight is 228 g/mol. The molecule has 0 atom stereocenters. The molecule has 0 aliphatic carbocycles. The first-order valence-corrected chi connectivity index (χ1v) is 4.61. The number of methoxy groups -OCH3 is 1. The second-order valence-electron chi connectivity index (χ2n) is 3.00. The fraction of sp³-hybridized carbons (Fsp3) is 0.300. The van der Waals surface area contributed by atoms with Crippen molar-refractivity contribution in [3.63, 3.8) is 0 Å². The van der Waals surface area contributed by atoms with Crippen LogP contribution in [0.25, 0.3) is 0 Å². The Balaban J connectivity index is 2.53. The molecule has 88 valence electrons. The van der Waals surface area contributed by atoms with Crippen LogP contribution in [-0.2, 0) is 9.57 Å². The van der Waals surface area contributed by atoms with Crippen LogP contribution in [-0.4, -0.2) is 26.2 Å². The largest absolute Gasteiger partial charge is 0.398 e. The van der Waals surface area contributed by atoms with Crippen LogP contribution in [0.4, 0.5) is 10.1 Å². The first kappa shape index (κ1) is 12.4. The van der Waals surface area contributed by atoms with Gasteiger partial charge in [-0.2, -0.15) is 0 Å². The summed E-state index contributed by atoms with van der Waals surface area (Å²) in [5, 5.41) is 0. The van der Waals surface area contributed by atoms with Crippen molar-refractivity contribution in [1.82, 2.24) is 5.48 Å². The zero-order chi connectivity index (χ0) is 12.0. The van der Waals surface area contributed by atoms with Crippen molar-refractivity contribution in [3.05, 3.63) is 29.6 Å². The van der Waals surface area contributed by atoms with Gasteiger partial charge in [-0.1, -0.05) is 0 Å². The molecule has 1 aromatic carbocycles. The Hall–Kier alpha value is -1.66. The van der Waals surface area contributed by atoms with E-state index in [1.54, 1.807) is 0 Å². The number of hydrogen-bond donors (Lipinski definition) is 2. The number of hydrogen-bond acceptors (Lipinski definition) is 4. The van der Waals surface area contributed by atoms with Gasteiger partial charge in [0.1, 0.15) is 5.82 Å². The Labute approximate surface area is 92.3 Å². The number of carbonyl (C=O) groups is 1. The lowest BCUT2D eigenvalue weighted by molar-refractivity contribution is 0.00894. The molecule has 0 spiro atoms. The molecule has 0 fully saturated rings. The Morgan fingerprint density at radius 1 is 1.50 bits per heavy atom. The summed E-state index contributed by atoms with van der Waals surface area (Å²) >= 11 is 0. The van der Waals surface area contributed by atoms with E-state index in [-0.39, 0.29) is 17.9 Å². The highest BCUT2D eigenvalue weighted by Crippen LogP contribution is 2.12. The van der Waals surface area contributed by atoms with E-state index in [2.05, 4.69) is 5.48 Å². The van der Waals surface area contributed by atoms with E-state index in [0.29, 0.717) is 6.61 Å². The van der Waals surface area contributed by atoms with Crippen molar-refractivity contribution in [2.45, 2.75) is 0 Å². The quantitative estimate of drug-likeness (QED) is 0.442. The van der Waals surface area contributed by atoms with Crippen LogP contribution in [0.1, 0.15) is 10.4 Å². The summed E-state index contributed by atoms with van der Waals surface area (Å²) in [6.45, 7) is 0.586. The summed E-state index contributed by atoms with van der Waals surface area (Å²) in [4.78, 5) is 16.3. The number of carbonyl (C=O) groups excluding carboxylic acids is 1. The predicted octanol–water partition coefficient (Wildman–Crippen LogP) is 0.716. The molecule has 16 heavy (non-hydrogen) atoms. The van der Waals surface area contributed by atoms with Gasteiger partial charge in [-0.3, -0.25) is 9.63 Å². The molecule has 0 bridgehead atoms. The predicted molar refractivity (Wildman–Crippen MR) is 56.1 cm³/mol. The summed E-state index contributed by atoms with van der Waals surface area (Å²) in [5.41, 5.74) is 7.87. The van der Waals surface area contributed by atoms with E-state index < -0.39 is 11.7 Å². The maximum atomic E-state index is 12.7. The van der Waals surface area contributed by atoms with Gasteiger partial charge in [0, 0.05) is 12.8 Å². The lowest BCUT2D eigenvalue weighted by Gasteiger charge is -2.07. The molecule has 0 radical (unpaired) electrons. The molecule has 0 saturated heterocycles. The minimum absolute atomic E-state index is 0.0628. The fourth-order valence-corrected chi connectivity index (χ4v) is 1.04. The zero-order valence-electron chi connectivity index (χ0n) is 8.83. The molecule has 0 saturated carbocycles. The van der Waals surface area contributed by atoms with Crippen LogP contribution < -0.4 is 11.2 Å². The first-order chi connectivity index (χ1) is 7.65. The lowest BCUT2D eigenvalue weighted by Crippen LogP contribution is -2.26. The van der Waals surface area contributed by atoms with Crippen molar-refractivity contribution < 1.29 is 18.8 Å². The van der Waals surface area contributed by atoms with Crippen LogP contribution in [0, 0.1) is 5.82 Å². The van der Waals surface area contributed by atoms with E-state index in [1.807, 2.05) is 0 Å². The van der Waals surface area contributed by atoms with Gasteiger partial charge in [0.05, 0.1) is 18.8 Å². The molecule has 0 aromatic heterocycles. The third-order valence-electron chi connectivity index (χ3n) is 1.81. The molecule has 3 N–H and O–H groups in total. The van der Waals surface area contributed by atoms with Gasteiger partial charge in [0.25, 0.3) is 5.91 Å². The summed E-state index contributed by atoms with van der Waals surface area (Å²) in [6, 6.07) is 3.52. The zero-order valence-corrected chi connectivity index (χ0v) is 8.83. The van der Waals surface area contributed by atoms with Gasteiger partial charge < -0.3 is 10.5 Å². The number of rotatable bonds is 5. The van der Waals surface area contributed by atoms with E-state index in [0.717, 1.165) is 12.1 Å². The second kappa shape index (κ2) is 6.04. The topological polar surface area (TPSA) is 73.6 Å². The number of hydroxylamine groups is 1. The molecule has 1 aromatic rings. The third-order valence-corrected chi connectivity index (χ3v) is 1.81. The van der Waals surface area contributed by atoms with Crippen molar-refractivity contribution in [2.75, 3.05) is 26.1 Å². The molecule has 0 aliphatic heterocycles. The number of halogens is 1. The van der Waals surface area contributed by atoms with Gasteiger partial charge >= 0.3 is 0 Å². The Bertz CT molecular complexity index is 371. The fourth-order valence-electron chi connectivity index (χ4n) is 1.04. The molecular formula is C10H13FN2O3. The minimum atomic E-state index is -0.520. The minimum Gasteiger partial charge on any atom is -0.398 e. The van der Waals surface area contributed by atoms with Crippen LogP contribution in [0.3, 0.4) is 0 Å². The molecule has 0 unspecified atom stereocenters. The van der Waals surface area contributed by atoms with Gasteiger partial charge in [-0.15, -0.1) is 0 Å². The smallest absolute Gasteiger partial charge is 0.276 e. The van der Waals surface area contributed by atoms with E-state index in [1.165, 1.54) is 13.2 Å². The third kappa shape index (κ3) is 3.48. The molecule has 5 nitrogen and oxygen atoms in total.